The van der Waals surface area contributed by atoms with Crippen molar-refractivity contribution >= 4 is 48.9 Å². The van der Waals surface area contributed by atoms with Gasteiger partial charge in [-0.05, 0) is 43.3 Å². The van der Waals surface area contributed by atoms with E-state index in [0.717, 1.165) is 14.5 Å². The second-order valence-electron chi connectivity index (χ2n) is 5.94. The molecule has 1 amide bonds. The largest absolute Gasteiger partial charge is 0.384 e. The zero-order chi connectivity index (χ0) is 20.0. The van der Waals surface area contributed by atoms with E-state index in [1.165, 1.54) is 20.2 Å². The molecule has 2 aromatic rings. The van der Waals surface area contributed by atoms with Crippen LogP contribution in [-0.2, 0) is 14.8 Å². The molecule has 0 bridgehead atoms. The van der Waals surface area contributed by atoms with Gasteiger partial charge >= 0.3 is 0 Å². The number of rotatable bonds is 8. The van der Waals surface area contributed by atoms with Crippen molar-refractivity contribution < 1.29 is 13.2 Å². The van der Waals surface area contributed by atoms with Crippen LogP contribution < -0.4 is 16.0 Å². The summed E-state index contributed by atoms with van der Waals surface area (Å²) in [6.07, 6.45) is 0. The summed E-state index contributed by atoms with van der Waals surface area (Å²) in [5.74, 6) is -0.239. The van der Waals surface area contributed by atoms with Gasteiger partial charge in [0.15, 0.2) is 0 Å². The molecule has 2 aromatic carbocycles. The van der Waals surface area contributed by atoms with Crippen LogP contribution in [0.15, 0.2) is 51.8 Å². The van der Waals surface area contributed by atoms with Crippen LogP contribution in [0.25, 0.3) is 0 Å². The predicted octanol–water partition coefficient (Wildman–Crippen LogP) is 3.18. The number of anilines is 3. The molecular formula is C18H23BrN4O3S. The second-order valence-corrected chi connectivity index (χ2v) is 9.00. The van der Waals surface area contributed by atoms with E-state index in [4.69, 9.17) is 0 Å². The molecule has 2 rings (SSSR count). The van der Waals surface area contributed by atoms with Gasteiger partial charge in [-0.3, -0.25) is 4.79 Å². The van der Waals surface area contributed by atoms with Crippen molar-refractivity contribution in [1.82, 2.24) is 4.31 Å². The second kappa shape index (κ2) is 9.20. The van der Waals surface area contributed by atoms with Crippen molar-refractivity contribution in [3.63, 3.8) is 0 Å². The van der Waals surface area contributed by atoms with Crippen LogP contribution in [0, 0.1) is 0 Å². The first-order valence-electron chi connectivity index (χ1n) is 8.33. The highest BCUT2D eigenvalue weighted by Crippen LogP contribution is 2.26. The van der Waals surface area contributed by atoms with Crippen molar-refractivity contribution in [2.24, 2.45) is 0 Å². The van der Waals surface area contributed by atoms with Crippen LogP contribution in [0.4, 0.5) is 17.1 Å². The van der Waals surface area contributed by atoms with Crippen LogP contribution in [0.1, 0.15) is 6.92 Å². The Bertz CT molecular complexity index is 917. The summed E-state index contributed by atoms with van der Waals surface area (Å²) in [6, 6.07) is 12.0. The van der Waals surface area contributed by atoms with Gasteiger partial charge in [0, 0.05) is 30.8 Å². The lowest BCUT2D eigenvalue weighted by Gasteiger charge is -2.17. The molecule has 0 fully saturated rings. The Kier molecular flexibility index (Phi) is 7.23. The number of hydrogen-bond acceptors (Lipinski definition) is 5. The van der Waals surface area contributed by atoms with Crippen molar-refractivity contribution in [1.29, 1.82) is 0 Å². The maximum absolute atomic E-state index is 12.4. The fraction of sp³-hybridized carbons (Fsp3) is 0.278. The Morgan fingerprint density at radius 1 is 1.07 bits per heavy atom. The van der Waals surface area contributed by atoms with Crippen LogP contribution in [0.2, 0.25) is 0 Å². The summed E-state index contributed by atoms with van der Waals surface area (Å²) < 4.78 is 26.7. The van der Waals surface area contributed by atoms with E-state index in [-0.39, 0.29) is 17.3 Å². The molecular weight excluding hydrogens is 432 g/mol. The van der Waals surface area contributed by atoms with E-state index < -0.39 is 10.0 Å². The summed E-state index contributed by atoms with van der Waals surface area (Å²) in [4.78, 5) is 12.4. The van der Waals surface area contributed by atoms with Gasteiger partial charge in [-0.15, -0.1) is 0 Å². The molecule has 0 spiro atoms. The Balaban J connectivity index is 2.16. The lowest BCUT2D eigenvalue weighted by atomic mass is 10.2. The van der Waals surface area contributed by atoms with E-state index in [1.54, 1.807) is 24.3 Å². The maximum atomic E-state index is 12.4. The molecule has 9 heteroatoms. The smallest absolute Gasteiger partial charge is 0.243 e. The van der Waals surface area contributed by atoms with Crippen molar-refractivity contribution in [3.05, 3.63) is 46.9 Å². The zero-order valence-corrected chi connectivity index (χ0v) is 17.8. The van der Waals surface area contributed by atoms with E-state index in [2.05, 4.69) is 31.9 Å². The van der Waals surface area contributed by atoms with Gasteiger partial charge in [0.1, 0.15) is 0 Å². The molecule has 0 radical (unpaired) electrons. The number of sulfonamides is 1. The molecule has 27 heavy (non-hydrogen) atoms. The SMILES string of the molecule is CCNc1ccc(S(=O)(=O)N(C)C)cc1NCC(=O)Nc1cccc(Br)c1. The first-order valence-corrected chi connectivity index (χ1v) is 10.6. The molecule has 0 aromatic heterocycles. The van der Waals surface area contributed by atoms with Crippen molar-refractivity contribution in [2.75, 3.05) is 43.1 Å². The van der Waals surface area contributed by atoms with Crippen LogP contribution in [-0.4, -0.2) is 45.8 Å². The number of benzene rings is 2. The normalized spacial score (nSPS) is 11.3. The van der Waals surface area contributed by atoms with Crippen molar-refractivity contribution in [2.45, 2.75) is 11.8 Å². The Hall–Kier alpha value is -2.10. The monoisotopic (exact) mass is 454 g/mol. The van der Waals surface area contributed by atoms with Gasteiger partial charge in [0.2, 0.25) is 15.9 Å². The average Bonchev–Trinajstić information content (AvgIpc) is 2.60. The molecule has 0 saturated carbocycles. The first kappa shape index (κ1) is 21.2. The van der Waals surface area contributed by atoms with Gasteiger partial charge in [-0.2, -0.15) is 0 Å². The van der Waals surface area contributed by atoms with Crippen LogP contribution >= 0.6 is 15.9 Å². The molecule has 0 aliphatic heterocycles. The minimum absolute atomic E-state index is 0.00360. The van der Waals surface area contributed by atoms with Gasteiger partial charge in [-0.1, -0.05) is 22.0 Å². The van der Waals surface area contributed by atoms with E-state index in [0.29, 0.717) is 17.9 Å². The number of amides is 1. The van der Waals surface area contributed by atoms with Gasteiger partial charge in [-0.25, -0.2) is 12.7 Å². The molecule has 0 heterocycles. The van der Waals surface area contributed by atoms with Crippen LogP contribution in [0.5, 0.6) is 0 Å². The Morgan fingerprint density at radius 2 is 1.81 bits per heavy atom. The highest BCUT2D eigenvalue weighted by molar-refractivity contribution is 9.10. The molecule has 0 unspecified atom stereocenters. The lowest BCUT2D eigenvalue weighted by molar-refractivity contribution is -0.114. The number of hydrogen-bond donors (Lipinski definition) is 3. The van der Waals surface area contributed by atoms with E-state index in [9.17, 15) is 13.2 Å². The number of nitrogens with zero attached hydrogens (tertiary/aromatic N) is 1. The fourth-order valence-corrected chi connectivity index (χ4v) is 3.66. The molecule has 0 saturated heterocycles. The molecule has 0 aliphatic carbocycles. The fourth-order valence-electron chi connectivity index (χ4n) is 2.33. The summed E-state index contributed by atoms with van der Waals surface area (Å²) in [7, 11) is -0.607. The standard InChI is InChI=1S/C18H23BrN4O3S/c1-4-20-16-9-8-15(27(25,26)23(2)3)11-17(16)21-12-18(24)22-14-7-5-6-13(19)10-14/h5-11,20-21H,4,12H2,1-3H3,(H,22,24). The topological polar surface area (TPSA) is 90.5 Å². The number of halogens is 1. The third-order valence-electron chi connectivity index (χ3n) is 3.68. The summed E-state index contributed by atoms with van der Waals surface area (Å²) in [5.41, 5.74) is 1.95. The summed E-state index contributed by atoms with van der Waals surface area (Å²) in [5, 5.41) is 8.96. The van der Waals surface area contributed by atoms with Gasteiger partial charge < -0.3 is 16.0 Å². The Labute approximate surface area is 168 Å². The van der Waals surface area contributed by atoms with Crippen molar-refractivity contribution in [3.8, 4) is 0 Å². The average molecular weight is 455 g/mol. The van der Waals surface area contributed by atoms with E-state index >= 15 is 0 Å². The highest BCUT2D eigenvalue weighted by atomic mass is 79.9. The lowest BCUT2D eigenvalue weighted by Crippen LogP contribution is -2.24. The minimum Gasteiger partial charge on any atom is -0.384 e. The van der Waals surface area contributed by atoms with Crippen LogP contribution in [0.3, 0.4) is 0 Å². The predicted molar refractivity (Wildman–Crippen MR) is 113 cm³/mol. The Morgan fingerprint density at radius 3 is 2.44 bits per heavy atom. The summed E-state index contributed by atoms with van der Waals surface area (Å²) >= 11 is 3.36. The quantitative estimate of drug-likeness (QED) is 0.569. The third kappa shape index (κ3) is 5.69. The highest BCUT2D eigenvalue weighted by Gasteiger charge is 2.19. The third-order valence-corrected chi connectivity index (χ3v) is 5.99. The van der Waals surface area contributed by atoms with Gasteiger partial charge in [0.25, 0.3) is 0 Å². The zero-order valence-electron chi connectivity index (χ0n) is 15.4. The first-order chi connectivity index (χ1) is 12.7. The number of nitrogens with one attached hydrogen (secondary N) is 3. The number of carbonyl (C=O) groups excluding carboxylic acids is 1. The molecule has 3 N–H and O–H groups in total. The molecule has 0 aliphatic rings. The van der Waals surface area contributed by atoms with Gasteiger partial charge in [0.05, 0.1) is 22.8 Å². The molecule has 0 atom stereocenters. The molecule has 7 nitrogen and oxygen atoms in total. The number of carbonyl (C=O) groups is 1. The minimum atomic E-state index is -3.56. The molecule has 146 valence electrons. The summed E-state index contributed by atoms with van der Waals surface area (Å²) in [6.45, 7) is 2.60. The van der Waals surface area contributed by atoms with E-state index in [1.807, 2.05) is 19.1 Å². The maximum Gasteiger partial charge on any atom is 0.243 e.